The van der Waals surface area contributed by atoms with E-state index in [0.717, 1.165) is 59.3 Å². The van der Waals surface area contributed by atoms with Gasteiger partial charge in [0.05, 0.1) is 19.3 Å². The van der Waals surface area contributed by atoms with Crippen LogP contribution in [0.4, 0.5) is 0 Å². The van der Waals surface area contributed by atoms with Crippen molar-refractivity contribution in [1.29, 1.82) is 0 Å². The SMILES string of the molecule is COc1cccc(C(O)CN2CCC3(CC2)CC(O)c2ccc4ccccc4c2O3)c1. The summed E-state index contributed by atoms with van der Waals surface area (Å²) in [6, 6.07) is 19.8. The monoisotopic (exact) mass is 419 g/mol. The molecule has 5 nitrogen and oxygen atoms in total. The Bertz CT molecular complexity index is 1070. The topological polar surface area (TPSA) is 62.2 Å². The van der Waals surface area contributed by atoms with Crippen molar-refractivity contribution in [2.45, 2.75) is 37.1 Å². The van der Waals surface area contributed by atoms with E-state index >= 15 is 0 Å². The Morgan fingerprint density at radius 3 is 2.71 bits per heavy atom. The van der Waals surface area contributed by atoms with E-state index < -0.39 is 12.2 Å². The summed E-state index contributed by atoms with van der Waals surface area (Å²) < 4.78 is 11.9. The molecule has 2 aliphatic heterocycles. The molecule has 0 amide bonds. The van der Waals surface area contributed by atoms with E-state index in [4.69, 9.17) is 9.47 Å². The van der Waals surface area contributed by atoms with E-state index in [9.17, 15) is 10.2 Å². The first-order valence-electron chi connectivity index (χ1n) is 11.0. The van der Waals surface area contributed by atoms with Crippen molar-refractivity contribution in [2.24, 2.45) is 0 Å². The van der Waals surface area contributed by atoms with E-state index in [-0.39, 0.29) is 5.60 Å². The van der Waals surface area contributed by atoms with Crippen LogP contribution in [0.5, 0.6) is 11.5 Å². The quantitative estimate of drug-likeness (QED) is 0.663. The number of hydrogen-bond acceptors (Lipinski definition) is 5. The molecule has 2 N–H and O–H groups in total. The van der Waals surface area contributed by atoms with Gasteiger partial charge in [-0.2, -0.15) is 0 Å². The van der Waals surface area contributed by atoms with Gasteiger partial charge in [0.15, 0.2) is 0 Å². The predicted octanol–water partition coefficient (Wildman–Crippen LogP) is 4.23. The van der Waals surface area contributed by atoms with Crippen LogP contribution in [0.15, 0.2) is 60.7 Å². The van der Waals surface area contributed by atoms with Gasteiger partial charge in [-0.05, 0) is 35.9 Å². The van der Waals surface area contributed by atoms with Gasteiger partial charge in [-0.3, -0.25) is 0 Å². The van der Waals surface area contributed by atoms with Crippen molar-refractivity contribution in [3.63, 3.8) is 0 Å². The summed E-state index contributed by atoms with van der Waals surface area (Å²) in [5, 5.41) is 23.8. The highest BCUT2D eigenvalue weighted by Gasteiger charge is 2.43. The number of ether oxygens (including phenoxy) is 2. The molecule has 1 saturated heterocycles. The van der Waals surface area contributed by atoms with Crippen molar-refractivity contribution in [1.82, 2.24) is 4.90 Å². The molecule has 2 heterocycles. The van der Waals surface area contributed by atoms with E-state index in [1.54, 1.807) is 7.11 Å². The number of rotatable bonds is 4. The van der Waals surface area contributed by atoms with Crippen molar-refractivity contribution >= 4 is 10.8 Å². The molecule has 31 heavy (non-hydrogen) atoms. The standard InChI is InChI=1S/C26H29NO4/c1-30-20-7-4-6-19(15-20)24(29)17-27-13-11-26(12-14-27)16-23(28)22-10-9-18-5-2-3-8-21(18)25(22)31-26/h2-10,15,23-24,28-29H,11-14,16-17H2,1H3. The van der Waals surface area contributed by atoms with Crippen LogP contribution < -0.4 is 9.47 Å². The Morgan fingerprint density at radius 2 is 1.90 bits per heavy atom. The van der Waals surface area contributed by atoms with E-state index in [1.165, 1.54) is 0 Å². The summed E-state index contributed by atoms with van der Waals surface area (Å²) >= 11 is 0. The third-order valence-electron chi connectivity index (χ3n) is 6.83. The highest BCUT2D eigenvalue weighted by Crippen LogP contribution is 2.47. The minimum absolute atomic E-state index is 0.353. The van der Waals surface area contributed by atoms with Gasteiger partial charge in [-0.25, -0.2) is 0 Å². The molecule has 3 aromatic carbocycles. The first kappa shape index (κ1) is 20.3. The number of aliphatic hydroxyl groups is 2. The van der Waals surface area contributed by atoms with Crippen LogP contribution in [0.1, 0.15) is 42.6 Å². The summed E-state index contributed by atoms with van der Waals surface area (Å²) in [6.45, 7) is 2.23. The first-order valence-corrected chi connectivity index (χ1v) is 11.0. The third kappa shape index (κ3) is 3.89. The highest BCUT2D eigenvalue weighted by atomic mass is 16.5. The number of likely N-dealkylation sites (tertiary alicyclic amines) is 1. The number of β-amino-alcohol motifs (C(OH)–C–C–N with tert-alkyl or cyclic N) is 1. The maximum Gasteiger partial charge on any atom is 0.133 e. The molecule has 0 bridgehead atoms. The summed E-state index contributed by atoms with van der Waals surface area (Å²) in [5.74, 6) is 1.59. The number of methoxy groups -OCH3 is 1. The zero-order chi connectivity index (χ0) is 21.4. The number of hydrogen-bond donors (Lipinski definition) is 2. The van der Waals surface area contributed by atoms with Crippen LogP contribution in [0.3, 0.4) is 0 Å². The predicted molar refractivity (Wildman–Crippen MR) is 121 cm³/mol. The number of nitrogens with zero attached hydrogens (tertiary/aromatic N) is 1. The molecule has 0 saturated carbocycles. The molecule has 0 aromatic heterocycles. The van der Waals surface area contributed by atoms with Crippen molar-refractivity contribution < 1.29 is 19.7 Å². The second-order valence-electron chi connectivity index (χ2n) is 8.80. The minimum atomic E-state index is -0.563. The molecule has 3 aromatic rings. The van der Waals surface area contributed by atoms with E-state index in [0.29, 0.717) is 13.0 Å². The molecule has 2 atom stereocenters. The fourth-order valence-corrected chi connectivity index (χ4v) is 5.00. The summed E-state index contributed by atoms with van der Waals surface area (Å²) in [6.07, 6.45) is 1.20. The molecule has 162 valence electrons. The van der Waals surface area contributed by atoms with Crippen LogP contribution in [0, 0.1) is 0 Å². The molecule has 1 fully saturated rings. The van der Waals surface area contributed by atoms with Gasteiger partial charge in [-0.1, -0.05) is 48.5 Å². The maximum absolute atomic E-state index is 10.9. The molecule has 5 heteroatoms. The molecule has 1 spiro atoms. The summed E-state index contributed by atoms with van der Waals surface area (Å²) in [7, 11) is 1.63. The van der Waals surface area contributed by atoms with Gasteiger partial charge in [0, 0.05) is 37.0 Å². The van der Waals surface area contributed by atoms with Gasteiger partial charge in [-0.15, -0.1) is 0 Å². The molecule has 5 rings (SSSR count). The molecule has 2 unspecified atom stereocenters. The van der Waals surface area contributed by atoms with Crippen LogP contribution in [-0.2, 0) is 0 Å². The Labute approximate surface area is 182 Å². The Hall–Kier alpha value is -2.60. The number of fused-ring (bicyclic) bond motifs is 3. The van der Waals surface area contributed by atoms with Gasteiger partial charge < -0.3 is 24.6 Å². The number of piperidine rings is 1. The molecular formula is C26H29NO4. The van der Waals surface area contributed by atoms with Crippen LogP contribution in [0.2, 0.25) is 0 Å². The fraction of sp³-hybridized carbons (Fsp3) is 0.385. The average Bonchev–Trinajstić information content (AvgIpc) is 2.80. The smallest absolute Gasteiger partial charge is 0.133 e. The van der Waals surface area contributed by atoms with Crippen molar-refractivity contribution in [3.8, 4) is 11.5 Å². The number of benzene rings is 3. The molecule has 0 radical (unpaired) electrons. The van der Waals surface area contributed by atoms with Crippen molar-refractivity contribution in [3.05, 3.63) is 71.8 Å². The lowest BCUT2D eigenvalue weighted by Gasteiger charge is -2.46. The van der Waals surface area contributed by atoms with Gasteiger partial charge in [0.25, 0.3) is 0 Å². The largest absolute Gasteiger partial charge is 0.497 e. The Morgan fingerprint density at radius 1 is 1.10 bits per heavy atom. The highest BCUT2D eigenvalue weighted by molar-refractivity contribution is 5.90. The second kappa shape index (κ2) is 8.15. The number of aliphatic hydroxyl groups excluding tert-OH is 2. The van der Waals surface area contributed by atoms with Crippen LogP contribution in [0.25, 0.3) is 10.8 Å². The lowest BCUT2D eigenvalue weighted by molar-refractivity contribution is -0.0577. The van der Waals surface area contributed by atoms with Crippen LogP contribution in [-0.4, -0.2) is 47.5 Å². The summed E-state index contributed by atoms with van der Waals surface area (Å²) in [4.78, 5) is 2.28. The Balaban J connectivity index is 1.29. The van der Waals surface area contributed by atoms with Crippen LogP contribution >= 0.6 is 0 Å². The van der Waals surface area contributed by atoms with Gasteiger partial charge >= 0.3 is 0 Å². The molecule has 0 aliphatic carbocycles. The normalized spacial score (nSPS) is 21.5. The lowest BCUT2D eigenvalue weighted by Crippen LogP contribution is -2.51. The Kier molecular flexibility index (Phi) is 5.34. The van der Waals surface area contributed by atoms with Crippen molar-refractivity contribution in [2.75, 3.05) is 26.7 Å². The average molecular weight is 420 g/mol. The fourth-order valence-electron chi connectivity index (χ4n) is 5.00. The zero-order valence-electron chi connectivity index (χ0n) is 17.8. The third-order valence-corrected chi connectivity index (χ3v) is 6.83. The van der Waals surface area contributed by atoms with E-state index in [2.05, 4.69) is 23.1 Å². The van der Waals surface area contributed by atoms with Gasteiger partial charge in [0.1, 0.15) is 17.1 Å². The van der Waals surface area contributed by atoms with E-state index in [1.807, 2.05) is 42.5 Å². The minimum Gasteiger partial charge on any atom is -0.497 e. The zero-order valence-corrected chi connectivity index (χ0v) is 17.8. The second-order valence-corrected chi connectivity index (χ2v) is 8.80. The maximum atomic E-state index is 10.9. The van der Waals surface area contributed by atoms with Gasteiger partial charge in [0.2, 0.25) is 0 Å². The molecule has 2 aliphatic rings. The first-order chi connectivity index (χ1) is 15.1. The molecular weight excluding hydrogens is 390 g/mol. The lowest BCUT2D eigenvalue weighted by atomic mass is 9.81. The summed E-state index contributed by atoms with van der Waals surface area (Å²) in [5.41, 5.74) is 1.40.